The van der Waals surface area contributed by atoms with Gasteiger partial charge in [-0.25, -0.2) is 0 Å². The van der Waals surface area contributed by atoms with Crippen LogP contribution in [-0.2, 0) is 6.42 Å². The fourth-order valence-electron chi connectivity index (χ4n) is 2.12. The summed E-state index contributed by atoms with van der Waals surface area (Å²) in [5.74, 6) is 0. The Balaban J connectivity index is 1.77. The lowest BCUT2D eigenvalue weighted by Crippen LogP contribution is -1.85. The lowest BCUT2D eigenvalue weighted by atomic mass is 10.1. The average molecular weight is 245 g/mol. The number of hydrogen-bond donors (Lipinski definition) is 0. The minimum absolute atomic E-state index is 0.909. The van der Waals surface area contributed by atoms with Gasteiger partial charge in [-0.2, -0.15) is 0 Å². The topological polar surface area (TPSA) is 12.9 Å². The van der Waals surface area contributed by atoms with Crippen LogP contribution in [-0.4, -0.2) is 4.98 Å². The number of fused-ring (bicyclic) bond motifs is 1. The standard InChI is InChI=1S/C18H15N/c1-2-7-15(8-3-1)9-6-10-16-13-17-11-4-5-12-18(17)19-14-16/h1-9,11-14H,10H2/b9-6+. The summed E-state index contributed by atoms with van der Waals surface area (Å²) in [7, 11) is 0. The van der Waals surface area contributed by atoms with E-state index >= 15 is 0 Å². The number of allylic oxidation sites excluding steroid dienone is 1. The van der Waals surface area contributed by atoms with E-state index in [4.69, 9.17) is 0 Å². The third kappa shape index (κ3) is 2.89. The van der Waals surface area contributed by atoms with Crippen LogP contribution >= 0.6 is 0 Å². The minimum atomic E-state index is 0.909. The first kappa shape index (κ1) is 11.7. The summed E-state index contributed by atoms with van der Waals surface area (Å²) in [5.41, 5.74) is 3.53. The highest BCUT2D eigenvalue weighted by molar-refractivity contribution is 5.78. The van der Waals surface area contributed by atoms with Crippen molar-refractivity contribution in [3.63, 3.8) is 0 Å². The zero-order valence-electron chi connectivity index (χ0n) is 10.7. The molecule has 3 rings (SSSR count). The van der Waals surface area contributed by atoms with Gasteiger partial charge in [-0.05, 0) is 29.7 Å². The maximum Gasteiger partial charge on any atom is 0.0702 e. The maximum absolute atomic E-state index is 4.47. The molecule has 0 amide bonds. The average Bonchev–Trinajstić information content (AvgIpc) is 2.48. The van der Waals surface area contributed by atoms with E-state index in [-0.39, 0.29) is 0 Å². The first-order chi connectivity index (χ1) is 9.42. The number of hydrogen-bond acceptors (Lipinski definition) is 1. The van der Waals surface area contributed by atoms with Crippen LogP contribution in [0.15, 0.2) is 72.9 Å². The number of rotatable bonds is 3. The molecule has 0 N–H and O–H groups in total. The number of nitrogens with zero attached hydrogens (tertiary/aromatic N) is 1. The Bertz CT molecular complexity index is 699. The highest BCUT2D eigenvalue weighted by atomic mass is 14.6. The van der Waals surface area contributed by atoms with Crippen LogP contribution in [0.4, 0.5) is 0 Å². The van der Waals surface area contributed by atoms with Gasteiger partial charge >= 0.3 is 0 Å². The molecule has 0 saturated heterocycles. The second-order valence-electron chi connectivity index (χ2n) is 4.55. The molecular formula is C18H15N. The third-order valence-corrected chi connectivity index (χ3v) is 3.11. The summed E-state index contributed by atoms with van der Waals surface area (Å²) < 4.78 is 0. The second-order valence-corrected chi connectivity index (χ2v) is 4.55. The third-order valence-electron chi connectivity index (χ3n) is 3.11. The monoisotopic (exact) mass is 245 g/mol. The molecule has 0 saturated carbocycles. The molecule has 0 fully saturated rings. The molecule has 19 heavy (non-hydrogen) atoms. The van der Waals surface area contributed by atoms with E-state index in [2.05, 4.69) is 53.5 Å². The lowest BCUT2D eigenvalue weighted by Gasteiger charge is -2.00. The van der Waals surface area contributed by atoms with Gasteiger partial charge in [0.1, 0.15) is 0 Å². The molecule has 1 nitrogen and oxygen atoms in total. The Hall–Kier alpha value is -2.41. The number of benzene rings is 2. The molecule has 1 heteroatoms. The zero-order valence-corrected chi connectivity index (χ0v) is 10.7. The number of para-hydroxylation sites is 1. The predicted octanol–water partition coefficient (Wildman–Crippen LogP) is 4.49. The Morgan fingerprint density at radius 2 is 1.68 bits per heavy atom. The molecule has 0 unspecified atom stereocenters. The highest BCUT2D eigenvalue weighted by Gasteiger charge is 1.95. The molecular weight excluding hydrogens is 230 g/mol. The van der Waals surface area contributed by atoms with Gasteiger partial charge in [0, 0.05) is 11.6 Å². The van der Waals surface area contributed by atoms with Crippen molar-refractivity contribution in [3.05, 3.63) is 84.1 Å². The number of pyridine rings is 1. The fourth-order valence-corrected chi connectivity index (χ4v) is 2.12. The normalized spacial score (nSPS) is 11.2. The van der Waals surface area contributed by atoms with Gasteiger partial charge in [0.2, 0.25) is 0 Å². The summed E-state index contributed by atoms with van der Waals surface area (Å²) in [6.07, 6.45) is 7.20. The van der Waals surface area contributed by atoms with E-state index in [1.807, 2.05) is 30.5 Å². The fraction of sp³-hybridized carbons (Fsp3) is 0.0556. The van der Waals surface area contributed by atoms with Crippen molar-refractivity contribution >= 4 is 17.0 Å². The van der Waals surface area contributed by atoms with Crippen molar-refractivity contribution in [2.45, 2.75) is 6.42 Å². The molecule has 92 valence electrons. The van der Waals surface area contributed by atoms with Gasteiger partial charge in [0.05, 0.1) is 5.52 Å². The Morgan fingerprint density at radius 1 is 0.895 bits per heavy atom. The Morgan fingerprint density at radius 3 is 2.58 bits per heavy atom. The van der Waals surface area contributed by atoms with Crippen LogP contribution < -0.4 is 0 Å². The largest absolute Gasteiger partial charge is 0.256 e. The first-order valence-corrected chi connectivity index (χ1v) is 6.47. The molecule has 0 aliphatic rings. The van der Waals surface area contributed by atoms with Crippen molar-refractivity contribution in [1.29, 1.82) is 0 Å². The van der Waals surface area contributed by atoms with Crippen LogP contribution in [0.2, 0.25) is 0 Å². The van der Waals surface area contributed by atoms with Gasteiger partial charge < -0.3 is 0 Å². The molecule has 0 aliphatic carbocycles. The SMILES string of the molecule is C(=C\c1ccccc1)/Cc1cnc2ccccc2c1. The van der Waals surface area contributed by atoms with E-state index in [1.165, 1.54) is 16.5 Å². The number of aromatic nitrogens is 1. The molecule has 2 aromatic carbocycles. The van der Waals surface area contributed by atoms with E-state index < -0.39 is 0 Å². The van der Waals surface area contributed by atoms with Gasteiger partial charge in [-0.1, -0.05) is 60.7 Å². The molecule has 0 bridgehead atoms. The quantitative estimate of drug-likeness (QED) is 0.662. The van der Waals surface area contributed by atoms with Crippen molar-refractivity contribution in [2.24, 2.45) is 0 Å². The molecule has 0 aliphatic heterocycles. The summed E-state index contributed by atoms with van der Waals surface area (Å²) in [5, 5.41) is 1.20. The first-order valence-electron chi connectivity index (χ1n) is 6.47. The Labute approximate surface area is 113 Å². The van der Waals surface area contributed by atoms with Crippen LogP contribution in [0, 0.1) is 0 Å². The molecule has 0 spiro atoms. The van der Waals surface area contributed by atoms with Crippen LogP contribution in [0.3, 0.4) is 0 Å². The van der Waals surface area contributed by atoms with Crippen LogP contribution in [0.5, 0.6) is 0 Å². The smallest absolute Gasteiger partial charge is 0.0702 e. The van der Waals surface area contributed by atoms with Crippen molar-refractivity contribution in [1.82, 2.24) is 4.98 Å². The van der Waals surface area contributed by atoms with Crippen molar-refractivity contribution in [3.8, 4) is 0 Å². The molecule has 0 radical (unpaired) electrons. The molecule has 1 heterocycles. The summed E-state index contributed by atoms with van der Waals surface area (Å²) in [6, 6.07) is 20.8. The van der Waals surface area contributed by atoms with E-state index in [1.54, 1.807) is 0 Å². The summed E-state index contributed by atoms with van der Waals surface area (Å²) in [6.45, 7) is 0. The molecule has 1 aromatic heterocycles. The van der Waals surface area contributed by atoms with Crippen LogP contribution in [0.1, 0.15) is 11.1 Å². The molecule has 0 atom stereocenters. The van der Waals surface area contributed by atoms with E-state index in [0.29, 0.717) is 0 Å². The Kier molecular flexibility index (Phi) is 3.37. The highest BCUT2D eigenvalue weighted by Crippen LogP contribution is 2.13. The maximum atomic E-state index is 4.47. The van der Waals surface area contributed by atoms with Crippen molar-refractivity contribution < 1.29 is 0 Å². The minimum Gasteiger partial charge on any atom is -0.256 e. The van der Waals surface area contributed by atoms with E-state index in [0.717, 1.165) is 11.9 Å². The van der Waals surface area contributed by atoms with Gasteiger partial charge in [0.15, 0.2) is 0 Å². The second kappa shape index (κ2) is 5.49. The van der Waals surface area contributed by atoms with Crippen molar-refractivity contribution in [2.75, 3.05) is 0 Å². The summed E-state index contributed by atoms with van der Waals surface area (Å²) >= 11 is 0. The zero-order chi connectivity index (χ0) is 12.9. The predicted molar refractivity (Wildman–Crippen MR) is 80.9 cm³/mol. The summed E-state index contributed by atoms with van der Waals surface area (Å²) in [4.78, 5) is 4.47. The van der Waals surface area contributed by atoms with Crippen LogP contribution in [0.25, 0.3) is 17.0 Å². The van der Waals surface area contributed by atoms with Gasteiger partial charge in [-0.3, -0.25) is 4.98 Å². The lowest BCUT2D eigenvalue weighted by molar-refractivity contribution is 1.23. The van der Waals surface area contributed by atoms with E-state index in [9.17, 15) is 0 Å². The molecule has 3 aromatic rings. The van der Waals surface area contributed by atoms with Gasteiger partial charge in [0.25, 0.3) is 0 Å². The van der Waals surface area contributed by atoms with Gasteiger partial charge in [-0.15, -0.1) is 0 Å².